The SMILES string of the molecule is C=C(C1=CN(c2ccc(OC)cc2)CCC1(C)C)C(c1ccccc1)c1ccccc1. The molecule has 0 saturated heterocycles. The summed E-state index contributed by atoms with van der Waals surface area (Å²) >= 11 is 0. The van der Waals surface area contributed by atoms with Crippen molar-refractivity contribution < 1.29 is 4.74 Å². The standard InChI is InChI=1S/C29H31NO/c1-22(28(23-11-7-5-8-12-23)24-13-9-6-10-14-24)27-21-30(20-19-29(27,2)3)25-15-17-26(31-4)18-16-25/h5-18,21,28H,1,19-20H2,2-4H3. The highest BCUT2D eigenvalue weighted by atomic mass is 16.5. The van der Waals surface area contributed by atoms with E-state index < -0.39 is 0 Å². The van der Waals surface area contributed by atoms with Crippen LogP contribution in [0.1, 0.15) is 37.3 Å². The Hall–Kier alpha value is -3.26. The maximum atomic E-state index is 5.33. The van der Waals surface area contributed by atoms with E-state index >= 15 is 0 Å². The average molecular weight is 410 g/mol. The summed E-state index contributed by atoms with van der Waals surface area (Å²) in [6, 6.07) is 29.7. The summed E-state index contributed by atoms with van der Waals surface area (Å²) in [7, 11) is 1.70. The Morgan fingerprint density at radius 3 is 1.94 bits per heavy atom. The molecule has 0 saturated carbocycles. The number of allylic oxidation sites excluding steroid dienone is 2. The van der Waals surface area contributed by atoms with Crippen LogP contribution in [-0.2, 0) is 0 Å². The Balaban J connectivity index is 1.75. The minimum Gasteiger partial charge on any atom is -0.497 e. The summed E-state index contributed by atoms with van der Waals surface area (Å²) in [5.41, 5.74) is 6.27. The first-order valence-corrected chi connectivity index (χ1v) is 10.9. The molecule has 0 aliphatic carbocycles. The van der Waals surface area contributed by atoms with Gasteiger partial charge >= 0.3 is 0 Å². The molecule has 0 atom stereocenters. The van der Waals surface area contributed by atoms with Crippen LogP contribution in [0.2, 0.25) is 0 Å². The van der Waals surface area contributed by atoms with Gasteiger partial charge in [-0.25, -0.2) is 0 Å². The first-order valence-electron chi connectivity index (χ1n) is 10.9. The molecule has 158 valence electrons. The van der Waals surface area contributed by atoms with Crippen molar-refractivity contribution in [2.75, 3.05) is 18.6 Å². The third kappa shape index (κ3) is 4.44. The fourth-order valence-electron chi connectivity index (χ4n) is 4.47. The van der Waals surface area contributed by atoms with Gasteiger partial charge in [-0.1, -0.05) is 81.1 Å². The van der Waals surface area contributed by atoms with Crippen LogP contribution in [0.15, 0.2) is 109 Å². The van der Waals surface area contributed by atoms with Crippen LogP contribution < -0.4 is 9.64 Å². The smallest absolute Gasteiger partial charge is 0.119 e. The quantitative estimate of drug-likeness (QED) is 0.427. The Morgan fingerprint density at radius 1 is 0.871 bits per heavy atom. The molecule has 3 aromatic carbocycles. The Labute approximate surface area is 186 Å². The van der Waals surface area contributed by atoms with Crippen LogP contribution in [0.25, 0.3) is 0 Å². The van der Waals surface area contributed by atoms with Crippen molar-refractivity contribution in [1.82, 2.24) is 0 Å². The second kappa shape index (κ2) is 8.85. The van der Waals surface area contributed by atoms with E-state index in [2.05, 4.69) is 104 Å². The van der Waals surface area contributed by atoms with Gasteiger partial charge in [-0.3, -0.25) is 0 Å². The van der Waals surface area contributed by atoms with Gasteiger partial charge in [0, 0.05) is 24.4 Å². The molecular weight excluding hydrogens is 378 g/mol. The van der Waals surface area contributed by atoms with E-state index in [0.29, 0.717) is 0 Å². The molecule has 2 nitrogen and oxygen atoms in total. The topological polar surface area (TPSA) is 12.5 Å². The van der Waals surface area contributed by atoms with Gasteiger partial charge in [0.2, 0.25) is 0 Å². The molecule has 0 fully saturated rings. The van der Waals surface area contributed by atoms with E-state index in [1.165, 1.54) is 28.0 Å². The largest absolute Gasteiger partial charge is 0.497 e. The van der Waals surface area contributed by atoms with Gasteiger partial charge in [-0.05, 0) is 58.4 Å². The molecule has 0 radical (unpaired) electrons. The molecule has 0 aromatic heterocycles. The van der Waals surface area contributed by atoms with Gasteiger partial charge in [-0.2, -0.15) is 0 Å². The number of benzene rings is 3. The zero-order valence-electron chi connectivity index (χ0n) is 18.7. The monoisotopic (exact) mass is 409 g/mol. The van der Waals surface area contributed by atoms with E-state index in [-0.39, 0.29) is 11.3 Å². The van der Waals surface area contributed by atoms with Crippen molar-refractivity contribution >= 4 is 5.69 Å². The lowest BCUT2D eigenvalue weighted by atomic mass is 9.71. The lowest BCUT2D eigenvalue weighted by molar-refractivity contribution is 0.397. The predicted molar refractivity (Wildman–Crippen MR) is 131 cm³/mol. The van der Waals surface area contributed by atoms with Crippen LogP contribution >= 0.6 is 0 Å². The molecule has 3 aromatic rings. The third-order valence-corrected chi connectivity index (χ3v) is 6.36. The van der Waals surface area contributed by atoms with Crippen molar-refractivity contribution in [2.24, 2.45) is 5.41 Å². The highest BCUT2D eigenvalue weighted by Crippen LogP contribution is 2.45. The van der Waals surface area contributed by atoms with E-state index in [4.69, 9.17) is 4.74 Å². The maximum absolute atomic E-state index is 5.33. The van der Waals surface area contributed by atoms with Crippen molar-refractivity contribution in [3.05, 3.63) is 120 Å². The van der Waals surface area contributed by atoms with Gasteiger partial charge in [0.1, 0.15) is 5.75 Å². The van der Waals surface area contributed by atoms with Crippen LogP contribution in [0.4, 0.5) is 5.69 Å². The van der Waals surface area contributed by atoms with Crippen LogP contribution in [0.5, 0.6) is 5.75 Å². The predicted octanol–water partition coefficient (Wildman–Crippen LogP) is 7.20. The van der Waals surface area contributed by atoms with E-state index in [0.717, 1.165) is 18.7 Å². The van der Waals surface area contributed by atoms with Gasteiger partial charge in [0.25, 0.3) is 0 Å². The second-order valence-corrected chi connectivity index (χ2v) is 8.85. The average Bonchev–Trinajstić information content (AvgIpc) is 2.80. The lowest BCUT2D eigenvalue weighted by Gasteiger charge is -2.40. The summed E-state index contributed by atoms with van der Waals surface area (Å²) in [6.07, 6.45) is 3.38. The zero-order valence-corrected chi connectivity index (χ0v) is 18.7. The van der Waals surface area contributed by atoms with Gasteiger partial charge in [0.15, 0.2) is 0 Å². The molecule has 0 N–H and O–H groups in total. The molecule has 0 amide bonds. The van der Waals surface area contributed by atoms with E-state index in [1.807, 2.05) is 12.1 Å². The zero-order chi connectivity index (χ0) is 21.8. The number of nitrogens with zero attached hydrogens (tertiary/aromatic N) is 1. The van der Waals surface area contributed by atoms with Crippen molar-refractivity contribution in [3.63, 3.8) is 0 Å². The summed E-state index contributed by atoms with van der Waals surface area (Å²) in [5, 5.41) is 0. The van der Waals surface area contributed by atoms with E-state index in [9.17, 15) is 0 Å². The number of methoxy groups -OCH3 is 1. The molecule has 1 aliphatic rings. The number of hydrogen-bond acceptors (Lipinski definition) is 2. The number of ether oxygens (including phenoxy) is 1. The Bertz CT molecular complexity index is 1010. The van der Waals surface area contributed by atoms with Gasteiger partial charge in [-0.15, -0.1) is 0 Å². The van der Waals surface area contributed by atoms with Crippen LogP contribution in [0, 0.1) is 5.41 Å². The minimum absolute atomic E-state index is 0.0574. The maximum Gasteiger partial charge on any atom is 0.119 e. The molecule has 31 heavy (non-hydrogen) atoms. The highest BCUT2D eigenvalue weighted by Gasteiger charge is 2.33. The molecular formula is C29H31NO. The summed E-state index contributed by atoms with van der Waals surface area (Å²) < 4.78 is 5.33. The molecule has 2 heteroatoms. The molecule has 0 spiro atoms. The molecule has 0 bridgehead atoms. The first kappa shape index (κ1) is 21.0. The molecule has 1 heterocycles. The van der Waals surface area contributed by atoms with Gasteiger partial charge < -0.3 is 9.64 Å². The molecule has 0 unspecified atom stereocenters. The van der Waals surface area contributed by atoms with Crippen molar-refractivity contribution in [1.29, 1.82) is 0 Å². The lowest BCUT2D eigenvalue weighted by Crippen LogP contribution is -2.33. The molecule has 1 aliphatic heterocycles. The number of rotatable bonds is 6. The summed E-state index contributed by atoms with van der Waals surface area (Å²) in [6.45, 7) is 10.3. The minimum atomic E-state index is 0.0574. The molecule has 4 rings (SSSR count). The fraction of sp³-hybridized carbons (Fsp3) is 0.241. The number of anilines is 1. The third-order valence-electron chi connectivity index (χ3n) is 6.36. The normalized spacial score (nSPS) is 15.5. The second-order valence-electron chi connectivity index (χ2n) is 8.85. The van der Waals surface area contributed by atoms with E-state index in [1.54, 1.807) is 7.11 Å². The Morgan fingerprint density at radius 2 is 1.42 bits per heavy atom. The first-order chi connectivity index (χ1) is 15.0. The fourth-order valence-corrected chi connectivity index (χ4v) is 4.47. The van der Waals surface area contributed by atoms with Gasteiger partial charge in [0.05, 0.1) is 7.11 Å². The summed E-state index contributed by atoms with van der Waals surface area (Å²) in [4.78, 5) is 2.35. The van der Waals surface area contributed by atoms with Crippen LogP contribution in [0.3, 0.4) is 0 Å². The highest BCUT2D eigenvalue weighted by molar-refractivity contribution is 5.57. The Kier molecular flexibility index (Phi) is 5.99. The van der Waals surface area contributed by atoms with Crippen molar-refractivity contribution in [2.45, 2.75) is 26.2 Å². The summed E-state index contributed by atoms with van der Waals surface area (Å²) in [5.74, 6) is 1.01. The van der Waals surface area contributed by atoms with Crippen molar-refractivity contribution in [3.8, 4) is 5.75 Å². The van der Waals surface area contributed by atoms with Crippen LogP contribution in [-0.4, -0.2) is 13.7 Å². The number of hydrogen-bond donors (Lipinski definition) is 0.